The van der Waals surface area contributed by atoms with Crippen molar-refractivity contribution in [1.82, 2.24) is 4.98 Å². The molecule has 0 saturated heterocycles. The molecule has 0 atom stereocenters. The van der Waals surface area contributed by atoms with Crippen LogP contribution >= 0.6 is 27.3 Å². The second-order valence-electron chi connectivity index (χ2n) is 4.52. The first kappa shape index (κ1) is 14.8. The molecular formula is C13H15BrN4OS. The summed E-state index contributed by atoms with van der Waals surface area (Å²) in [6.45, 7) is 1.93. The van der Waals surface area contributed by atoms with E-state index in [2.05, 4.69) is 26.2 Å². The van der Waals surface area contributed by atoms with Crippen molar-refractivity contribution in [3.8, 4) is 0 Å². The van der Waals surface area contributed by atoms with Crippen LogP contribution in [0.4, 0.5) is 16.6 Å². The molecule has 1 aromatic carbocycles. The van der Waals surface area contributed by atoms with E-state index in [4.69, 9.17) is 5.73 Å². The van der Waals surface area contributed by atoms with Crippen LogP contribution in [0, 0.1) is 6.92 Å². The third-order valence-electron chi connectivity index (χ3n) is 2.68. The minimum absolute atomic E-state index is 0.241. The molecule has 0 aliphatic rings. The molecule has 2 rings (SSSR count). The van der Waals surface area contributed by atoms with Crippen LogP contribution in [0.25, 0.3) is 0 Å². The number of carbonyl (C=O) groups excluding carboxylic acids is 1. The van der Waals surface area contributed by atoms with Gasteiger partial charge in [-0.3, -0.25) is 4.79 Å². The number of hydrogen-bond acceptors (Lipinski definition) is 5. The van der Waals surface area contributed by atoms with Gasteiger partial charge in [0.1, 0.15) is 10.7 Å². The number of hydrogen-bond donors (Lipinski definition) is 2. The van der Waals surface area contributed by atoms with Crippen LogP contribution in [0.1, 0.15) is 15.2 Å². The number of nitrogens with one attached hydrogen (secondary N) is 1. The quantitative estimate of drug-likeness (QED) is 0.888. The largest absolute Gasteiger partial charge is 0.382 e. The first-order valence-electron chi connectivity index (χ1n) is 5.89. The normalized spacial score (nSPS) is 10.4. The van der Waals surface area contributed by atoms with Gasteiger partial charge in [0.15, 0.2) is 5.13 Å². The maximum Gasteiger partial charge on any atom is 0.269 e. The Kier molecular flexibility index (Phi) is 4.29. The van der Waals surface area contributed by atoms with Crippen molar-refractivity contribution < 1.29 is 4.79 Å². The lowest BCUT2D eigenvalue weighted by molar-refractivity contribution is 0.103. The van der Waals surface area contributed by atoms with Gasteiger partial charge in [-0.25, -0.2) is 4.98 Å². The van der Waals surface area contributed by atoms with Crippen molar-refractivity contribution in [3.05, 3.63) is 33.1 Å². The molecule has 20 heavy (non-hydrogen) atoms. The van der Waals surface area contributed by atoms with Crippen molar-refractivity contribution in [2.24, 2.45) is 0 Å². The Morgan fingerprint density at radius 3 is 2.75 bits per heavy atom. The number of benzene rings is 1. The van der Waals surface area contributed by atoms with Crippen LogP contribution in [-0.4, -0.2) is 25.0 Å². The van der Waals surface area contributed by atoms with Crippen LogP contribution < -0.4 is 16.0 Å². The van der Waals surface area contributed by atoms with E-state index in [-0.39, 0.29) is 11.7 Å². The standard InChI is InChI=1S/C13H15BrN4OS/c1-7-4-5-8(14)6-9(7)16-12(19)10-11(15)17-13(20-10)18(2)3/h4-6H,15H2,1-3H3,(H,16,19). The van der Waals surface area contributed by atoms with Crippen LogP contribution in [0.5, 0.6) is 0 Å². The molecule has 0 aliphatic carbocycles. The number of nitrogen functional groups attached to an aromatic ring is 1. The Bertz CT molecular complexity index is 654. The van der Waals surface area contributed by atoms with Gasteiger partial charge >= 0.3 is 0 Å². The van der Waals surface area contributed by atoms with Gasteiger partial charge in [0.2, 0.25) is 0 Å². The molecule has 1 amide bonds. The van der Waals surface area contributed by atoms with Gasteiger partial charge in [-0.1, -0.05) is 33.3 Å². The summed E-state index contributed by atoms with van der Waals surface area (Å²) in [5.41, 5.74) is 7.54. The average molecular weight is 355 g/mol. The Labute approximate surface area is 129 Å². The number of rotatable bonds is 3. The molecule has 0 fully saturated rings. The van der Waals surface area contributed by atoms with E-state index in [0.29, 0.717) is 10.0 Å². The maximum absolute atomic E-state index is 12.3. The fraction of sp³-hybridized carbons (Fsp3) is 0.231. The highest BCUT2D eigenvalue weighted by Crippen LogP contribution is 2.28. The summed E-state index contributed by atoms with van der Waals surface area (Å²) in [5.74, 6) is 0.0122. The predicted octanol–water partition coefficient (Wildman–Crippen LogP) is 3.11. The van der Waals surface area contributed by atoms with Crippen molar-refractivity contribution >= 4 is 49.8 Å². The molecule has 106 valence electrons. The smallest absolute Gasteiger partial charge is 0.269 e. The molecule has 5 nitrogen and oxygen atoms in total. The Morgan fingerprint density at radius 2 is 2.15 bits per heavy atom. The molecule has 0 aliphatic heterocycles. The summed E-state index contributed by atoms with van der Waals surface area (Å²) in [6, 6.07) is 5.72. The minimum atomic E-state index is -0.241. The van der Waals surface area contributed by atoms with Gasteiger partial charge < -0.3 is 16.0 Å². The minimum Gasteiger partial charge on any atom is -0.382 e. The van der Waals surface area contributed by atoms with Crippen molar-refractivity contribution in [2.45, 2.75) is 6.92 Å². The Morgan fingerprint density at radius 1 is 1.45 bits per heavy atom. The van der Waals surface area contributed by atoms with Gasteiger partial charge in [-0.05, 0) is 24.6 Å². The zero-order valence-corrected chi connectivity index (χ0v) is 13.8. The predicted molar refractivity (Wildman–Crippen MR) is 87.7 cm³/mol. The highest BCUT2D eigenvalue weighted by atomic mass is 79.9. The molecule has 2 aromatic rings. The monoisotopic (exact) mass is 354 g/mol. The number of anilines is 3. The van der Waals surface area contributed by atoms with Crippen LogP contribution in [0.15, 0.2) is 22.7 Å². The fourth-order valence-electron chi connectivity index (χ4n) is 1.58. The molecule has 0 unspecified atom stereocenters. The summed E-state index contributed by atoms with van der Waals surface area (Å²) in [5, 5.41) is 3.57. The number of halogens is 1. The van der Waals surface area contributed by atoms with E-state index in [0.717, 1.165) is 15.7 Å². The topological polar surface area (TPSA) is 71.2 Å². The molecule has 0 bridgehead atoms. The van der Waals surface area contributed by atoms with Gasteiger partial charge in [0.25, 0.3) is 5.91 Å². The first-order valence-corrected chi connectivity index (χ1v) is 7.50. The maximum atomic E-state index is 12.3. The highest BCUT2D eigenvalue weighted by molar-refractivity contribution is 9.10. The van der Waals surface area contributed by atoms with Crippen LogP contribution in [-0.2, 0) is 0 Å². The number of aryl methyl sites for hydroxylation is 1. The number of thiazole rings is 1. The van der Waals surface area contributed by atoms with Crippen LogP contribution in [0.2, 0.25) is 0 Å². The zero-order chi connectivity index (χ0) is 14.9. The van der Waals surface area contributed by atoms with Crippen molar-refractivity contribution in [3.63, 3.8) is 0 Å². The summed E-state index contributed by atoms with van der Waals surface area (Å²) in [4.78, 5) is 18.7. The lowest BCUT2D eigenvalue weighted by Gasteiger charge is -2.08. The Hall–Kier alpha value is -1.60. The molecule has 0 radical (unpaired) electrons. The van der Waals surface area contributed by atoms with E-state index in [9.17, 15) is 4.79 Å². The third kappa shape index (κ3) is 3.10. The summed E-state index contributed by atoms with van der Waals surface area (Å²) in [6.07, 6.45) is 0. The SMILES string of the molecule is Cc1ccc(Br)cc1NC(=O)c1sc(N(C)C)nc1N. The molecule has 7 heteroatoms. The number of nitrogens with zero attached hydrogens (tertiary/aromatic N) is 2. The summed E-state index contributed by atoms with van der Waals surface area (Å²) < 4.78 is 0.907. The number of nitrogens with two attached hydrogens (primary N) is 1. The summed E-state index contributed by atoms with van der Waals surface area (Å²) in [7, 11) is 3.72. The lowest BCUT2D eigenvalue weighted by atomic mass is 10.2. The molecule has 1 aromatic heterocycles. The van der Waals surface area contributed by atoms with E-state index in [1.54, 1.807) is 0 Å². The van der Waals surface area contributed by atoms with Gasteiger partial charge in [-0.2, -0.15) is 0 Å². The summed E-state index contributed by atoms with van der Waals surface area (Å²) >= 11 is 4.66. The van der Waals surface area contributed by atoms with E-state index in [1.807, 2.05) is 44.1 Å². The molecule has 0 saturated carbocycles. The number of aromatic nitrogens is 1. The van der Waals surface area contributed by atoms with E-state index < -0.39 is 0 Å². The second kappa shape index (κ2) is 5.80. The highest BCUT2D eigenvalue weighted by Gasteiger charge is 2.17. The van der Waals surface area contributed by atoms with Crippen LogP contribution in [0.3, 0.4) is 0 Å². The molecular weight excluding hydrogens is 340 g/mol. The van der Waals surface area contributed by atoms with E-state index in [1.165, 1.54) is 11.3 Å². The van der Waals surface area contributed by atoms with Gasteiger partial charge in [0.05, 0.1) is 0 Å². The third-order valence-corrected chi connectivity index (χ3v) is 4.41. The number of carbonyl (C=O) groups is 1. The van der Waals surface area contributed by atoms with Crippen molar-refractivity contribution in [2.75, 3.05) is 30.0 Å². The average Bonchev–Trinajstić information content (AvgIpc) is 2.76. The van der Waals surface area contributed by atoms with Crippen molar-refractivity contribution in [1.29, 1.82) is 0 Å². The fourth-order valence-corrected chi connectivity index (χ4v) is 2.75. The van der Waals surface area contributed by atoms with Gasteiger partial charge in [-0.15, -0.1) is 0 Å². The molecule has 3 N–H and O–H groups in total. The second-order valence-corrected chi connectivity index (χ2v) is 6.41. The number of amides is 1. The first-order chi connectivity index (χ1) is 9.38. The zero-order valence-electron chi connectivity index (χ0n) is 11.4. The Balaban J connectivity index is 2.26. The molecule has 0 spiro atoms. The molecule has 1 heterocycles. The van der Waals surface area contributed by atoms with Gasteiger partial charge in [0, 0.05) is 24.3 Å². The van der Waals surface area contributed by atoms with E-state index >= 15 is 0 Å². The lowest BCUT2D eigenvalue weighted by Crippen LogP contribution is -2.13.